The van der Waals surface area contributed by atoms with Crippen LogP contribution in [0.4, 0.5) is 10.1 Å². The minimum Gasteiger partial charge on any atom is -0.497 e. The highest BCUT2D eigenvalue weighted by atomic mass is 32.2. The molecule has 4 fully saturated rings. The van der Waals surface area contributed by atoms with Gasteiger partial charge in [-0.05, 0) is 72.3 Å². The number of nitrogens with zero attached hydrogens (tertiary/aromatic N) is 4. The van der Waals surface area contributed by atoms with Gasteiger partial charge >= 0.3 is 0 Å². The maximum absolute atomic E-state index is 14.4. The molecule has 4 aliphatic rings. The van der Waals surface area contributed by atoms with Gasteiger partial charge in [0.25, 0.3) is 5.56 Å². The number of nitrogens with one attached hydrogen (secondary N) is 1. The first-order valence-electron chi connectivity index (χ1n) is 15.1. The van der Waals surface area contributed by atoms with E-state index in [1.807, 2.05) is 17.0 Å². The van der Waals surface area contributed by atoms with E-state index >= 15 is 0 Å². The van der Waals surface area contributed by atoms with Gasteiger partial charge in [-0.15, -0.1) is 0 Å². The summed E-state index contributed by atoms with van der Waals surface area (Å²) in [6.45, 7) is 8.09. The maximum atomic E-state index is 14.4. The summed E-state index contributed by atoms with van der Waals surface area (Å²) in [5.74, 6) is 2.69. The van der Waals surface area contributed by atoms with Crippen LogP contribution in [0.2, 0.25) is 0 Å². The van der Waals surface area contributed by atoms with E-state index in [0.717, 1.165) is 12.1 Å². The van der Waals surface area contributed by atoms with Gasteiger partial charge in [0, 0.05) is 31.4 Å². The van der Waals surface area contributed by atoms with E-state index in [1.54, 1.807) is 18.2 Å². The van der Waals surface area contributed by atoms with Crippen LogP contribution >= 0.6 is 0 Å². The van der Waals surface area contributed by atoms with Crippen molar-refractivity contribution in [2.45, 2.75) is 52.6 Å². The van der Waals surface area contributed by atoms with Crippen LogP contribution in [0.5, 0.6) is 5.75 Å². The molecule has 0 amide bonds. The van der Waals surface area contributed by atoms with Crippen molar-refractivity contribution in [3.8, 4) is 5.75 Å². The summed E-state index contributed by atoms with van der Waals surface area (Å²) in [6, 6.07) is 10.3. The number of sulfone groups is 1. The van der Waals surface area contributed by atoms with Crippen molar-refractivity contribution in [2.24, 2.45) is 28.2 Å². The van der Waals surface area contributed by atoms with Crippen LogP contribution in [0.25, 0.3) is 10.9 Å². The molecule has 2 aromatic carbocycles. The van der Waals surface area contributed by atoms with Gasteiger partial charge in [0.15, 0.2) is 15.8 Å². The number of benzene rings is 2. The van der Waals surface area contributed by atoms with Crippen LogP contribution in [0.15, 0.2) is 52.5 Å². The Morgan fingerprint density at radius 1 is 1.16 bits per heavy atom. The second kappa shape index (κ2) is 11.2. The Balaban J connectivity index is 1.23. The predicted molar refractivity (Wildman–Crippen MR) is 167 cm³/mol. The zero-order valence-electron chi connectivity index (χ0n) is 25.2. The monoisotopic (exact) mass is 609 g/mol. The Kier molecular flexibility index (Phi) is 7.73. The van der Waals surface area contributed by atoms with Gasteiger partial charge in [-0.3, -0.25) is 9.36 Å². The molecule has 43 heavy (non-hydrogen) atoms. The number of aliphatic imine (C=N–C) groups is 1. The lowest BCUT2D eigenvalue weighted by Gasteiger charge is -2.61. The number of guanidine groups is 1. The van der Waals surface area contributed by atoms with Crippen molar-refractivity contribution in [1.29, 1.82) is 0 Å². The minimum atomic E-state index is -3.05. The SMILES string of the molecule is COc1ccc(CCn2cnc3cc(NC(=N[C@H]4C[C@@H]5C[C@H](C4C)C5(C)C)N4CCS(=O)(=O)CC4)ccc3c2=O)c(F)c1. The van der Waals surface area contributed by atoms with Crippen LogP contribution < -0.4 is 15.6 Å². The Bertz CT molecular complexity index is 1720. The summed E-state index contributed by atoms with van der Waals surface area (Å²) in [6.07, 6.45) is 4.12. The number of aromatic nitrogens is 2. The Morgan fingerprint density at radius 2 is 1.93 bits per heavy atom. The van der Waals surface area contributed by atoms with Crippen molar-refractivity contribution >= 4 is 32.4 Å². The molecule has 1 aliphatic heterocycles. The molecule has 4 atom stereocenters. The smallest absolute Gasteiger partial charge is 0.261 e. The molecule has 1 N–H and O–H groups in total. The highest BCUT2D eigenvalue weighted by Gasteiger charge is 2.56. The molecule has 2 heterocycles. The lowest BCUT2D eigenvalue weighted by Crippen LogP contribution is -2.57. The third kappa shape index (κ3) is 5.75. The van der Waals surface area contributed by atoms with Gasteiger partial charge < -0.3 is 15.0 Å². The summed E-state index contributed by atoms with van der Waals surface area (Å²) in [7, 11) is -1.56. The molecule has 0 radical (unpaired) electrons. The van der Waals surface area contributed by atoms with E-state index in [2.05, 4.69) is 31.1 Å². The molecule has 0 spiro atoms. The van der Waals surface area contributed by atoms with E-state index in [4.69, 9.17) is 9.73 Å². The zero-order chi connectivity index (χ0) is 30.5. The maximum Gasteiger partial charge on any atom is 0.261 e. The highest BCUT2D eigenvalue weighted by Crippen LogP contribution is 2.61. The van der Waals surface area contributed by atoms with Crippen molar-refractivity contribution in [2.75, 3.05) is 37.0 Å². The fraction of sp³-hybridized carbons (Fsp3) is 0.531. The quantitative estimate of drug-likeness (QED) is 0.327. The molecular formula is C32H40FN5O4S. The van der Waals surface area contributed by atoms with Gasteiger partial charge in [0.2, 0.25) is 0 Å². The van der Waals surface area contributed by atoms with Crippen LogP contribution in [-0.4, -0.2) is 66.6 Å². The number of rotatable bonds is 6. The number of aryl methyl sites for hydroxylation is 2. The predicted octanol–water partition coefficient (Wildman–Crippen LogP) is 4.36. The number of methoxy groups -OCH3 is 1. The second-order valence-electron chi connectivity index (χ2n) is 12.9. The standard InChI is InChI=1S/C32H40FN5O4S/c1-20-26-15-22(32(26,2)3)16-28(20)36-31(37-11-13-43(40,41)14-12-37)35-23-6-8-25-29(17-23)34-19-38(30(25)39)10-9-21-5-7-24(42-4)18-27(21)33/h5-8,17-20,22,26,28H,9-16H2,1-4H3,(H,35,36)/t20?,22-,26+,28-/m0/s1. The summed E-state index contributed by atoms with van der Waals surface area (Å²) in [5.41, 5.74) is 1.92. The molecular weight excluding hydrogens is 569 g/mol. The number of ether oxygens (including phenoxy) is 1. The average Bonchev–Trinajstić information content (AvgIpc) is 2.97. The van der Waals surface area contributed by atoms with E-state index in [0.29, 0.717) is 70.9 Å². The molecule has 3 saturated carbocycles. The lowest BCUT2D eigenvalue weighted by molar-refractivity contribution is -0.108. The van der Waals surface area contributed by atoms with Crippen LogP contribution in [0.1, 0.15) is 39.2 Å². The Hall–Kier alpha value is -3.47. The van der Waals surface area contributed by atoms with Crippen molar-refractivity contribution in [3.05, 3.63) is 64.5 Å². The largest absolute Gasteiger partial charge is 0.497 e. The first-order chi connectivity index (χ1) is 20.4. The summed E-state index contributed by atoms with van der Waals surface area (Å²) >= 11 is 0. The third-order valence-electron chi connectivity index (χ3n) is 10.2. The highest BCUT2D eigenvalue weighted by molar-refractivity contribution is 7.91. The topological polar surface area (TPSA) is 106 Å². The van der Waals surface area contributed by atoms with E-state index in [1.165, 1.54) is 30.5 Å². The molecule has 1 saturated heterocycles. The molecule has 7 rings (SSSR count). The third-order valence-corrected chi connectivity index (χ3v) is 11.8. The van der Waals surface area contributed by atoms with Crippen molar-refractivity contribution < 1.29 is 17.5 Å². The minimum absolute atomic E-state index is 0.103. The molecule has 11 heteroatoms. The van der Waals surface area contributed by atoms with E-state index in [9.17, 15) is 17.6 Å². The summed E-state index contributed by atoms with van der Waals surface area (Å²) < 4.78 is 45.3. The van der Waals surface area contributed by atoms with Crippen LogP contribution in [0, 0.1) is 29.0 Å². The summed E-state index contributed by atoms with van der Waals surface area (Å²) in [4.78, 5) is 25.1. The number of fused-ring (bicyclic) bond motifs is 3. The van der Waals surface area contributed by atoms with Gasteiger partial charge in [0.1, 0.15) is 11.6 Å². The summed E-state index contributed by atoms with van der Waals surface area (Å²) in [5, 5.41) is 3.93. The fourth-order valence-corrected chi connectivity index (χ4v) is 8.39. The molecule has 1 unspecified atom stereocenters. The lowest BCUT2D eigenvalue weighted by atomic mass is 9.45. The van der Waals surface area contributed by atoms with Gasteiger partial charge in [-0.25, -0.2) is 22.8 Å². The number of hydrogen-bond donors (Lipinski definition) is 1. The number of halogens is 1. The molecule has 3 aliphatic carbocycles. The normalized spacial score (nSPS) is 26.2. The molecule has 230 valence electrons. The molecule has 2 bridgehead atoms. The van der Waals surface area contributed by atoms with Crippen molar-refractivity contribution in [3.63, 3.8) is 0 Å². The van der Waals surface area contributed by atoms with Gasteiger partial charge in [-0.1, -0.05) is 26.8 Å². The number of hydrogen-bond acceptors (Lipinski definition) is 6. The second-order valence-corrected chi connectivity index (χ2v) is 15.2. The van der Waals surface area contributed by atoms with Crippen molar-refractivity contribution in [1.82, 2.24) is 14.5 Å². The van der Waals surface area contributed by atoms with E-state index in [-0.39, 0.29) is 35.5 Å². The van der Waals surface area contributed by atoms with Gasteiger partial charge in [0.05, 0.1) is 41.9 Å². The number of anilines is 1. The van der Waals surface area contributed by atoms with Crippen LogP contribution in [-0.2, 0) is 22.8 Å². The fourth-order valence-electron chi connectivity index (χ4n) is 7.19. The Morgan fingerprint density at radius 3 is 2.60 bits per heavy atom. The molecule has 3 aromatic rings. The van der Waals surface area contributed by atoms with E-state index < -0.39 is 9.84 Å². The molecule has 1 aromatic heterocycles. The van der Waals surface area contributed by atoms with Crippen LogP contribution in [0.3, 0.4) is 0 Å². The Labute approximate surface area is 252 Å². The average molecular weight is 610 g/mol. The van der Waals surface area contributed by atoms with Gasteiger partial charge in [-0.2, -0.15) is 0 Å². The molecule has 9 nitrogen and oxygen atoms in total. The first kappa shape index (κ1) is 29.6. The zero-order valence-corrected chi connectivity index (χ0v) is 26.0. The first-order valence-corrected chi connectivity index (χ1v) is 16.9.